The summed E-state index contributed by atoms with van der Waals surface area (Å²) in [5.41, 5.74) is 0.665. The first-order chi connectivity index (χ1) is 8.58. The Bertz CT molecular complexity index is 291. The predicted octanol–water partition coefficient (Wildman–Crippen LogP) is 1.50. The molecular formula is C15H29N3. The quantitative estimate of drug-likeness (QED) is 0.736. The molecule has 1 atom stereocenters. The largest absolute Gasteiger partial charge is 0.305 e. The molecule has 3 heterocycles. The Morgan fingerprint density at radius 1 is 1.11 bits per heavy atom. The van der Waals surface area contributed by atoms with Crippen LogP contribution in [0.3, 0.4) is 0 Å². The highest BCUT2D eigenvalue weighted by molar-refractivity contribution is 5.00. The average Bonchev–Trinajstić information content (AvgIpc) is 2.77. The van der Waals surface area contributed by atoms with Crippen molar-refractivity contribution >= 4 is 0 Å². The third-order valence-corrected chi connectivity index (χ3v) is 5.34. The normalized spacial score (nSPS) is 34.3. The second-order valence-electron chi connectivity index (χ2n) is 7.28. The van der Waals surface area contributed by atoms with Gasteiger partial charge in [0.25, 0.3) is 0 Å². The molecule has 3 rings (SSSR count). The van der Waals surface area contributed by atoms with Crippen molar-refractivity contribution in [2.45, 2.75) is 45.2 Å². The lowest BCUT2D eigenvalue weighted by atomic mass is 9.73. The van der Waals surface area contributed by atoms with Crippen LogP contribution in [0.2, 0.25) is 0 Å². The van der Waals surface area contributed by atoms with Gasteiger partial charge in [-0.25, -0.2) is 0 Å². The van der Waals surface area contributed by atoms with Gasteiger partial charge >= 0.3 is 0 Å². The molecule has 0 aromatic rings. The summed E-state index contributed by atoms with van der Waals surface area (Å²) in [5, 5.41) is 0. The monoisotopic (exact) mass is 251 g/mol. The molecule has 3 aliphatic rings. The Labute approximate surface area is 112 Å². The molecule has 0 N–H and O–H groups in total. The van der Waals surface area contributed by atoms with Gasteiger partial charge in [-0.2, -0.15) is 0 Å². The summed E-state index contributed by atoms with van der Waals surface area (Å²) < 4.78 is 0. The van der Waals surface area contributed by atoms with Crippen LogP contribution in [0, 0.1) is 5.41 Å². The molecule has 0 saturated carbocycles. The summed E-state index contributed by atoms with van der Waals surface area (Å²) in [6, 6.07) is 1.57. The molecule has 18 heavy (non-hydrogen) atoms. The summed E-state index contributed by atoms with van der Waals surface area (Å²) in [6.45, 7) is 12.7. The van der Waals surface area contributed by atoms with E-state index < -0.39 is 0 Å². The van der Waals surface area contributed by atoms with E-state index in [2.05, 4.69) is 35.6 Å². The molecule has 3 saturated heterocycles. The third-order valence-electron chi connectivity index (χ3n) is 5.34. The zero-order chi connectivity index (χ0) is 12.8. The molecule has 3 heteroatoms. The molecule has 104 valence electrons. The first-order valence-corrected chi connectivity index (χ1v) is 7.75. The topological polar surface area (TPSA) is 9.72 Å². The fourth-order valence-corrected chi connectivity index (χ4v) is 4.45. The lowest BCUT2D eigenvalue weighted by Crippen LogP contribution is -2.62. The van der Waals surface area contributed by atoms with Gasteiger partial charge in [-0.3, -0.25) is 9.80 Å². The third kappa shape index (κ3) is 2.33. The maximum atomic E-state index is 2.82. The molecule has 0 aliphatic carbocycles. The first kappa shape index (κ1) is 12.9. The lowest BCUT2D eigenvalue weighted by molar-refractivity contribution is -0.0509. The molecule has 3 nitrogen and oxygen atoms in total. The standard InChI is InChI=1S/C15H29N3/c1-13(2)17-8-5-14(9-17)18-7-4-6-15(12-18)10-16(3)11-15/h13-14H,4-12H2,1-3H3. The van der Waals surface area contributed by atoms with E-state index in [0.29, 0.717) is 5.41 Å². The van der Waals surface area contributed by atoms with Crippen LogP contribution >= 0.6 is 0 Å². The fourth-order valence-electron chi connectivity index (χ4n) is 4.45. The van der Waals surface area contributed by atoms with Crippen LogP contribution in [-0.4, -0.2) is 73.1 Å². The molecule has 0 amide bonds. The van der Waals surface area contributed by atoms with E-state index in [1.54, 1.807) is 0 Å². The minimum absolute atomic E-state index is 0.665. The van der Waals surface area contributed by atoms with E-state index in [1.807, 2.05) is 0 Å². The highest BCUT2D eigenvalue weighted by atomic mass is 15.3. The molecule has 1 unspecified atom stereocenters. The summed E-state index contributed by atoms with van der Waals surface area (Å²) in [4.78, 5) is 7.95. The zero-order valence-corrected chi connectivity index (χ0v) is 12.4. The number of hydrogen-bond acceptors (Lipinski definition) is 3. The van der Waals surface area contributed by atoms with Crippen LogP contribution in [0.1, 0.15) is 33.1 Å². The van der Waals surface area contributed by atoms with Gasteiger partial charge in [0.05, 0.1) is 0 Å². The van der Waals surface area contributed by atoms with Crippen molar-refractivity contribution in [2.75, 3.05) is 46.3 Å². The van der Waals surface area contributed by atoms with Crippen LogP contribution in [0.5, 0.6) is 0 Å². The molecule has 1 spiro atoms. The highest BCUT2D eigenvalue weighted by Gasteiger charge is 2.45. The van der Waals surface area contributed by atoms with E-state index >= 15 is 0 Å². The number of piperidine rings is 1. The van der Waals surface area contributed by atoms with Crippen molar-refractivity contribution < 1.29 is 0 Å². The Kier molecular flexibility index (Phi) is 3.41. The predicted molar refractivity (Wildman–Crippen MR) is 75.9 cm³/mol. The van der Waals surface area contributed by atoms with Crippen molar-refractivity contribution in [1.29, 1.82) is 0 Å². The smallest absolute Gasteiger partial charge is 0.0235 e. The maximum Gasteiger partial charge on any atom is 0.0235 e. The van der Waals surface area contributed by atoms with Crippen LogP contribution in [-0.2, 0) is 0 Å². The summed E-state index contributed by atoms with van der Waals surface area (Å²) >= 11 is 0. The average molecular weight is 251 g/mol. The Hall–Kier alpha value is -0.120. The van der Waals surface area contributed by atoms with Crippen molar-refractivity contribution in [3.8, 4) is 0 Å². The van der Waals surface area contributed by atoms with Crippen molar-refractivity contribution in [2.24, 2.45) is 5.41 Å². The number of rotatable bonds is 2. The van der Waals surface area contributed by atoms with E-state index in [1.165, 1.54) is 58.5 Å². The Morgan fingerprint density at radius 3 is 2.50 bits per heavy atom. The number of nitrogens with zero attached hydrogens (tertiary/aromatic N) is 3. The molecule has 3 aliphatic heterocycles. The van der Waals surface area contributed by atoms with Gasteiger partial charge in [-0.1, -0.05) is 0 Å². The summed E-state index contributed by atoms with van der Waals surface area (Å²) in [5.74, 6) is 0. The lowest BCUT2D eigenvalue weighted by Gasteiger charge is -2.54. The van der Waals surface area contributed by atoms with Gasteiger partial charge in [-0.05, 0) is 46.7 Å². The highest BCUT2D eigenvalue weighted by Crippen LogP contribution is 2.39. The van der Waals surface area contributed by atoms with Crippen molar-refractivity contribution in [3.63, 3.8) is 0 Å². The summed E-state index contributed by atoms with van der Waals surface area (Å²) in [7, 11) is 2.26. The molecule has 0 bridgehead atoms. The van der Waals surface area contributed by atoms with Gasteiger partial charge in [0.2, 0.25) is 0 Å². The fraction of sp³-hybridized carbons (Fsp3) is 1.00. The van der Waals surface area contributed by atoms with E-state index in [-0.39, 0.29) is 0 Å². The Balaban J connectivity index is 1.57. The van der Waals surface area contributed by atoms with Crippen LogP contribution in [0.4, 0.5) is 0 Å². The van der Waals surface area contributed by atoms with Gasteiger partial charge in [-0.15, -0.1) is 0 Å². The number of hydrogen-bond donors (Lipinski definition) is 0. The number of likely N-dealkylation sites (tertiary alicyclic amines) is 3. The van der Waals surface area contributed by atoms with Gasteiger partial charge < -0.3 is 4.90 Å². The maximum absolute atomic E-state index is 2.82. The second kappa shape index (κ2) is 4.77. The van der Waals surface area contributed by atoms with E-state index in [0.717, 1.165) is 12.1 Å². The Morgan fingerprint density at radius 2 is 1.89 bits per heavy atom. The SMILES string of the molecule is CC(C)N1CCC(N2CCCC3(CN(C)C3)C2)C1. The zero-order valence-electron chi connectivity index (χ0n) is 12.4. The van der Waals surface area contributed by atoms with Gasteiger partial charge in [0.1, 0.15) is 0 Å². The van der Waals surface area contributed by atoms with E-state index in [4.69, 9.17) is 0 Å². The van der Waals surface area contributed by atoms with Crippen molar-refractivity contribution in [1.82, 2.24) is 14.7 Å². The molecule has 0 aromatic heterocycles. The molecular weight excluding hydrogens is 222 g/mol. The van der Waals surface area contributed by atoms with Crippen molar-refractivity contribution in [3.05, 3.63) is 0 Å². The minimum atomic E-state index is 0.665. The van der Waals surface area contributed by atoms with Crippen LogP contribution < -0.4 is 0 Å². The minimum Gasteiger partial charge on any atom is -0.305 e. The molecule has 0 aromatic carbocycles. The molecule has 0 radical (unpaired) electrons. The second-order valence-corrected chi connectivity index (χ2v) is 7.28. The molecule has 3 fully saturated rings. The van der Waals surface area contributed by atoms with Crippen LogP contribution in [0.25, 0.3) is 0 Å². The van der Waals surface area contributed by atoms with Crippen LogP contribution in [0.15, 0.2) is 0 Å². The first-order valence-electron chi connectivity index (χ1n) is 7.75. The summed E-state index contributed by atoms with van der Waals surface area (Å²) in [6.07, 6.45) is 4.28. The van der Waals surface area contributed by atoms with Gasteiger partial charge in [0, 0.05) is 50.2 Å². The van der Waals surface area contributed by atoms with Gasteiger partial charge in [0.15, 0.2) is 0 Å². The van der Waals surface area contributed by atoms with E-state index in [9.17, 15) is 0 Å².